The van der Waals surface area contributed by atoms with Crippen LogP contribution in [0.4, 0.5) is 0 Å². The fourth-order valence-corrected chi connectivity index (χ4v) is 3.44. The van der Waals surface area contributed by atoms with Gasteiger partial charge in [-0.15, -0.1) is 22.7 Å². The Labute approximate surface area is 116 Å². The predicted molar refractivity (Wildman–Crippen MR) is 79.3 cm³/mol. The van der Waals surface area contributed by atoms with E-state index in [9.17, 15) is 0 Å². The quantitative estimate of drug-likeness (QED) is 0.881. The van der Waals surface area contributed by atoms with Crippen LogP contribution >= 0.6 is 22.7 Å². The van der Waals surface area contributed by atoms with Crippen LogP contribution in [0.25, 0.3) is 0 Å². The Balaban J connectivity index is 1.94. The Hall–Kier alpha value is -0.750. The van der Waals surface area contributed by atoms with E-state index in [0.29, 0.717) is 12.1 Å². The lowest BCUT2D eigenvalue weighted by Crippen LogP contribution is -2.31. The Morgan fingerprint density at radius 1 is 1.33 bits per heavy atom. The highest BCUT2D eigenvalue weighted by molar-refractivity contribution is 7.10. The number of thiazole rings is 1. The summed E-state index contributed by atoms with van der Waals surface area (Å²) in [5, 5.41) is 8.88. The Morgan fingerprint density at radius 2 is 2.17 bits per heavy atom. The number of thiophene rings is 1. The molecule has 2 aromatic rings. The molecular formula is C13H19N3S2. The van der Waals surface area contributed by atoms with Crippen LogP contribution in [0, 0.1) is 0 Å². The standard InChI is InChI=1S/C13H19N3S2/c1-10(13-14-6-8-18-13)15-9-11(16(2)3)12-5-4-7-17-12/h4-8,10-11,15H,9H2,1-3H3. The van der Waals surface area contributed by atoms with Crippen LogP contribution in [0.1, 0.15) is 28.9 Å². The second kappa shape index (κ2) is 6.43. The predicted octanol–water partition coefficient (Wildman–Crippen LogP) is 3.16. The van der Waals surface area contributed by atoms with Crippen molar-refractivity contribution in [2.24, 2.45) is 0 Å². The van der Waals surface area contributed by atoms with Crippen LogP contribution in [0.2, 0.25) is 0 Å². The molecule has 2 aromatic heterocycles. The third-order valence-corrected chi connectivity index (χ3v) is 4.87. The van der Waals surface area contributed by atoms with Gasteiger partial charge in [-0.2, -0.15) is 0 Å². The number of nitrogens with zero attached hydrogens (tertiary/aromatic N) is 2. The molecule has 0 aliphatic heterocycles. The van der Waals surface area contributed by atoms with Crippen LogP contribution in [0.3, 0.4) is 0 Å². The maximum atomic E-state index is 4.35. The molecule has 0 radical (unpaired) electrons. The van der Waals surface area contributed by atoms with Crippen molar-refractivity contribution in [3.05, 3.63) is 39.0 Å². The molecule has 2 unspecified atom stereocenters. The minimum atomic E-state index is 0.312. The van der Waals surface area contributed by atoms with Crippen molar-refractivity contribution < 1.29 is 0 Å². The average molecular weight is 281 g/mol. The topological polar surface area (TPSA) is 28.2 Å². The van der Waals surface area contributed by atoms with Gasteiger partial charge in [0.25, 0.3) is 0 Å². The van der Waals surface area contributed by atoms with Gasteiger partial charge in [-0.05, 0) is 32.5 Å². The van der Waals surface area contributed by atoms with Crippen molar-refractivity contribution in [2.75, 3.05) is 20.6 Å². The van der Waals surface area contributed by atoms with Gasteiger partial charge in [0.1, 0.15) is 5.01 Å². The SMILES string of the molecule is CC(NCC(c1cccs1)N(C)C)c1nccs1. The lowest BCUT2D eigenvalue weighted by Gasteiger charge is -2.25. The molecular weight excluding hydrogens is 262 g/mol. The van der Waals surface area contributed by atoms with E-state index in [1.807, 2.05) is 22.9 Å². The van der Waals surface area contributed by atoms with E-state index in [0.717, 1.165) is 11.6 Å². The highest BCUT2D eigenvalue weighted by atomic mass is 32.1. The number of nitrogens with one attached hydrogen (secondary N) is 1. The molecule has 5 heteroatoms. The summed E-state index contributed by atoms with van der Waals surface area (Å²) in [6.45, 7) is 3.11. The van der Waals surface area contributed by atoms with E-state index >= 15 is 0 Å². The molecule has 0 bridgehead atoms. The van der Waals surface area contributed by atoms with E-state index < -0.39 is 0 Å². The van der Waals surface area contributed by atoms with Crippen LogP contribution < -0.4 is 5.32 Å². The monoisotopic (exact) mass is 281 g/mol. The zero-order valence-electron chi connectivity index (χ0n) is 11.0. The first-order chi connectivity index (χ1) is 8.68. The molecule has 1 N–H and O–H groups in total. The largest absolute Gasteiger partial charge is 0.306 e. The molecule has 0 spiro atoms. The summed E-state index contributed by atoms with van der Waals surface area (Å²) in [7, 11) is 4.25. The first-order valence-electron chi connectivity index (χ1n) is 6.01. The Morgan fingerprint density at radius 3 is 2.72 bits per heavy atom. The maximum absolute atomic E-state index is 4.35. The first kappa shape index (κ1) is 13.7. The van der Waals surface area contributed by atoms with Crippen molar-refractivity contribution in [3.8, 4) is 0 Å². The number of hydrogen-bond acceptors (Lipinski definition) is 5. The summed E-state index contributed by atoms with van der Waals surface area (Å²) in [6, 6.07) is 5.05. The number of aromatic nitrogens is 1. The van der Waals surface area contributed by atoms with Crippen molar-refractivity contribution in [2.45, 2.75) is 19.0 Å². The fraction of sp³-hybridized carbons (Fsp3) is 0.462. The number of likely N-dealkylation sites (N-methyl/N-ethyl adjacent to an activating group) is 1. The van der Waals surface area contributed by atoms with Crippen molar-refractivity contribution in [1.29, 1.82) is 0 Å². The van der Waals surface area contributed by atoms with E-state index in [-0.39, 0.29) is 0 Å². The number of rotatable bonds is 6. The van der Waals surface area contributed by atoms with Gasteiger partial charge in [0.15, 0.2) is 0 Å². The maximum Gasteiger partial charge on any atom is 0.109 e. The van der Waals surface area contributed by atoms with E-state index in [1.165, 1.54) is 4.88 Å². The molecule has 2 rings (SSSR count). The third kappa shape index (κ3) is 3.38. The number of hydrogen-bond donors (Lipinski definition) is 1. The lowest BCUT2D eigenvalue weighted by atomic mass is 10.2. The Kier molecular flexibility index (Phi) is 4.88. The average Bonchev–Trinajstić information content (AvgIpc) is 3.01. The lowest BCUT2D eigenvalue weighted by molar-refractivity contribution is 0.285. The summed E-state index contributed by atoms with van der Waals surface area (Å²) in [5.41, 5.74) is 0. The molecule has 0 aliphatic carbocycles. The molecule has 18 heavy (non-hydrogen) atoms. The summed E-state index contributed by atoms with van der Waals surface area (Å²) in [5.74, 6) is 0. The third-order valence-electron chi connectivity index (χ3n) is 2.93. The van der Waals surface area contributed by atoms with Gasteiger partial charge in [0.2, 0.25) is 0 Å². The molecule has 0 fully saturated rings. The van der Waals surface area contributed by atoms with Gasteiger partial charge in [-0.1, -0.05) is 6.07 Å². The summed E-state index contributed by atoms with van der Waals surface area (Å²) in [6.07, 6.45) is 1.86. The highest BCUT2D eigenvalue weighted by Crippen LogP contribution is 2.23. The fourth-order valence-electron chi connectivity index (χ4n) is 1.84. The Bertz CT molecular complexity index is 437. The van der Waals surface area contributed by atoms with Crippen LogP contribution in [-0.4, -0.2) is 30.5 Å². The van der Waals surface area contributed by atoms with Gasteiger partial charge >= 0.3 is 0 Å². The van der Waals surface area contributed by atoms with Gasteiger partial charge in [-0.3, -0.25) is 0 Å². The summed E-state index contributed by atoms with van der Waals surface area (Å²) in [4.78, 5) is 8.01. The van der Waals surface area contributed by atoms with Gasteiger partial charge < -0.3 is 10.2 Å². The zero-order valence-corrected chi connectivity index (χ0v) is 12.6. The molecule has 0 aliphatic rings. The molecule has 0 aromatic carbocycles. The second-order valence-corrected chi connectivity index (χ2v) is 6.40. The van der Waals surface area contributed by atoms with Crippen LogP contribution in [0.15, 0.2) is 29.1 Å². The van der Waals surface area contributed by atoms with Gasteiger partial charge in [-0.25, -0.2) is 4.98 Å². The molecule has 2 heterocycles. The van der Waals surface area contributed by atoms with E-state index in [4.69, 9.17) is 0 Å². The van der Waals surface area contributed by atoms with Crippen molar-refractivity contribution in [1.82, 2.24) is 15.2 Å². The second-order valence-electron chi connectivity index (χ2n) is 4.50. The van der Waals surface area contributed by atoms with E-state index in [1.54, 1.807) is 11.3 Å². The first-order valence-corrected chi connectivity index (χ1v) is 7.77. The molecule has 3 nitrogen and oxygen atoms in total. The minimum Gasteiger partial charge on any atom is -0.306 e. The van der Waals surface area contributed by atoms with Crippen LogP contribution in [0.5, 0.6) is 0 Å². The minimum absolute atomic E-state index is 0.312. The smallest absolute Gasteiger partial charge is 0.109 e. The van der Waals surface area contributed by atoms with E-state index in [2.05, 4.69) is 53.7 Å². The van der Waals surface area contributed by atoms with Gasteiger partial charge in [0, 0.05) is 23.0 Å². The molecule has 0 saturated carbocycles. The normalized spacial score (nSPS) is 14.9. The van der Waals surface area contributed by atoms with Crippen molar-refractivity contribution >= 4 is 22.7 Å². The molecule has 0 saturated heterocycles. The van der Waals surface area contributed by atoms with Gasteiger partial charge in [0.05, 0.1) is 12.1 Å². The molecule has 0 amide bonds. The molecule has 2 atom stereocenters. The highest BCUT2D eigenvalue weighted by Gasteiger charge is 2.17. The van der Waals surface area contributed by atoms with Crippen molar-refractivity contribution in [3.63, 3.8) is 0 Å². The zero-order chi connectivity index (χ0) is 13.0. The van der Waals surface area contributed by atoms with Crippen LogP contribution in [-0.2, 0) is 0 Å². The summed E-state index contributed by atoms with van der Waals surface area (Å²) >= 11 is 3.52. The summed E-state index contributed by atoms with van der Waals surface area (Å²) < 4.78 is 0. The molecule has 98 valence electrons.